The van der Waals surface area contributed by atoms with E-state index in [1.807, 2.05) is 24.3 Å². The van der Waals surface area contributed by atoms with Crippen LogP contribution < -0.4 is 0 Å². The summed E-state index contributed by atoms with van der Waals surface area (Å²) < 4.78 is 5.53. The third-order valence-corrected chi connectivity index (χ3v) is 6.78. The number of hydrogen-bond acceptors (Lipinski definition) is 7. The molecule has 0 amide bonds. The number of hydrogen-bond donors (Lipinski definition) is 0. The largest absolute Gasteiger partial charge is 0.465 e. The minimum atomic E-state index is -0.751. The van der Waals surface area contributed by atoms with E-state index < -0.39 is 11.0 Å². The van der Waals surface area contributed by atoms with Crippen molar-refractivity contribution in [3.8, 4) is 0 Å². The highest BCUT2D eigenvalue weighted by molar-refractivity contribution is 7.14. The Morgan fingerprint density at radius 1 is 1.07 bits per heavy atom. The summed E-state index contributed by atoms with van der Waals surface area (Å²) >= 11 is 1.32. The highest BCUT2D eigenvalue weighted by Crippen LogP contribution is 2.31. The lowest BCUT2D eigenvalue weighted by molar-refractivity contribution is -0.759. The minimum absolute atomic E-state index is 0.0507. The van der Waals surface area contributed by atoms with Crippen LogP contribution in [0.25, 0.3) is 0 Å². The first-order valence-electron chi connectivity index (χ1n) is 10.1. The summed E-state index contributed by atoms with van der Waals surface area (Å²) in [6.45, 7) is 2.28. The van der Waals surface area contributed by atoms with Gasteiger partial charge in [-0.25, -0.2) is 0 Å². The first-order valence-corrected chi connectivity index (χ1v) is 10.9. The third kappa shape index (κ3) is 5.89. The van der Waals surface area contributed by atoms with E-state index in [0.717, 1.165) is 30.6 Å². The zero-order valence-corrected chi connectivity index (χ0v) is 17.6. The number of esters is 1. The van der Waals surface area contributed by atoms with Crippen LogP contribution in [0.1, 0.15) is 58.6 Å². The quantitative estimate of drug-likeness (QED) is 0.248. The van der Waals surface area contributed by atoms with E-state index >= 15 is 0 Å². The average Bonchev–Trinajstić information content (AvgIpc) is 3.26. The molecule has 8 heteroatoms. The molecule has 160 valence electrons. The molecule has 1 saturated carbocycles. The van der Waals surface area contributed by atoms with Crippen LogP contribution in [-0.4, -0.2) is 30.1 Å². The van der Waals surface area contributed by atoms with Crippen LogP contribution in [0.2, 0.25) is 0 Å². The Morgan fingerprint density at radius 2 is 1.70 bits per heavy atom. The standard InChI is InChI=1S/C22H25NO6S/c1-15(19-11-12-20(30-19)21(24)18-5-3-2-4-6-18)22(25)28-13-16-7-9-17(10-8-16)14-29-23(26)27/h2-6,11-12,15-17H,7-10,13-14H2,1H3. The summed E-state index contributed by atoms with van der Waals surface area (Å²) in [5.41, 5.74) is 0.625. The fourth-order valence-corrected chi connectivity index (χ4v) is 4.62. The van der Waals surface area contributed by atoms with Gasteiger partial charge in [-0.15, -0.1) is 21.5 Å². The number of nitrogens with zero attached hydrogens (tertiary/aromatic N) is 1. The van der Waals surface area contributed by atoms with Gasteiger partial charge in [-0.05, 0) is 56.6 Å². The molecule has 0 aliphatic heterocycles. The maximum atomic E-state index is 12.5. The molecule has 1 unspecified atom stereocenters. The molecule has 1 aromatic heterocycles. The molecule has 2 aromatic rings. The van der Waals surface area contributed by atoms with Gasteiger partial charge in [0.15, 0.2) is 0 Å². The molecule has 1 aromatic carbocycles. The molecule has 1 heterocycles. The Morgan fingerprint density at radius 3 is 2.33 bits per heavy atom. The van der Waals surface area contributed by atoms with Gasteiger partial charge >= 0.3 is 5.97 Å². The van der Waals surface area contributed by atoms with Crippen molar-refractivity contribution in [1.82, 2.24) is 0 Å². The Labute approximate surface area is 179 Å². The second-order valence-electron chi connectivity index (χ2n) is 7.66. The zero-order valence-electron chi connectivity index (χ0n) is 16.8. The van der Waals surface area contributed by atoms with Gasteiger partial charge in [0, 0.05) is 10.4 Å². The zero-order chi connectivity index (χ0) is 21.5. The molecule has 0 bridgehead atoms. The van der Waals surface area contributed by atoms with E-state index in [-0.39, 0.29) is 30.2 Å². The summed E-state index contributed by atoms with van der Waals surface area (Å²) in [6, 6.07) is 12.6. The predicted molar refractivity (Wildman–Crippen MR) is 112 cm³/mol. The molecule has 3 rings (SSSR count). The fraction of sp³-hybridized carbons (Fsp3) is 0.455. The van der Waals surface area contributed by atoms with Gasteiger partial charge < -0.3 is 9.57 Å². The molecule has 0 spiro atoms. The monoisotopic (exact) mass is 431 g/mol. The smallest absolute Gasteiger partial charge is 0.313 e. The van der Waals surface area contributed by atoms with Crippen molar-refractivity contribution < 1.29 is 24.3 Å². The van der Waals surface area contributed by atoms with Crippen molar-refractivity contribution in [1.29, 1.82) is 0 Å². The second kappa shape index (κ2) is 10.3. The molecule has 30 heavy (non-hydrogen) atoms. The molecule has 1 fully saturated rings. The van der Waals surface area contributed by atoms with Gasteiger partial charge in [-0.1, -0.05) is 30.3 Å². The van der Waals surface area contributed by atoms with E-state index in [4.69, 9.17) is 4.74 Å². The molecular formula is C22H25NO6S. The average molecular weight is 432 g/mol. The molecule has 1 aliphatic rings. The number of carbonyl (C=O) groups is 2. The van der Waals surface area contributed by atoms with Crippen molar-refractivity contribution >= 4 is 23.1 Å². The summed E-state index contributed by atoms with van der Waals surface area (Å²) in [5.74, 6) is -0.323. The van der Waals surface area contributed by atoms with E-state index in [0.29, 0.717) is 17.0 Å². The lowest BCUT2D eigenvalue weighted by atomic mass is 9.83. The van der Waals surface area contributed by atoms with Crippen LogP contribution in [0.15, 0.2) is 42.5 Å². The summed E-state index contributed by atoms with van der Waals surface area (Å²) in [7, 11) is 0. The summed E-state index contributed by atoms with van der Waals surface area (Å²) in [6.07, 6.45) is 3.40. The normalized spacial score (nSPS) is 19.6. The number of thiophene rings is 1. The molecule has 7 nitrogen and oxygen atoms in total. The molecule has 1 aliphatic carbocycles. The molecule has 1 atom stereocenters. The van der Waals surface area contributed by atoms with Gasteiger partial charge in [-0.2, -0.15) is 0 Å². The summed E-state index contributed by atoms with van der Waals surface area (Å²) in [5, 5.41) is 9.53. The Balaban J connectivity index is 1.46. The second-order valence-corrected chi connectivity index (χ2v) is 8.77. The number of benzene rings is 1. The van der Waals surface area contributed by atoms with Gasteiger partial charge in [0.25, 0.3) is 5.09 Å². The highest BCUT2D eigenvalue weighted by Gasteiger charge is 2.25. The van der Waals surface area contributed by atoms with Crippen LogP contribution in [0.5, 0.6) is 0 Å². The van der Waals surface area contributed by atoms with Crippen molar-refractivity contribution in [3.63, 3.8) is 0 Å². The SMILES string of the molecule is CC(C(=O)OCC1CCC(CO[N+](=O)[O-])CC1)c1ccc(C(=O)c2ccccc2)s1. The minimum Gasteiger partial charge on any atom is -0.465 e. The number of ketones is 1. The molecule has 0 saturated heterocycles. The van der Waals surface area contributed by atoms with Crippen LogP contribution in [0, 0.1) is 22.0 Å². The molecule has 0 N–H and O–H groups in total. The Kier molecular flexibility index (Phi) is 7.57. The van der Waals surface area contributed by atoms with Crippen LogP contribution in [0.3, 0.4) is 0 Å². The summed E-state index contributed by atoms with van der Waals surface area (Å²) in [4.78, 5) is 41.2. The topological polar surface area (TPSA) is 95.7 Å². The van der Waals surface area contributed by atoms with Gasteiger partial charge in [0.1, 0.15) is 0 Å². The lowest BCUT2D eigenvalue weighted by Crippen LogP contribution is -2.24. The van der Waals surface area contributed by atoms with Crippen molar-refractivity contribution in [2.24, 2.45) is 11.8 Å². The number of ether oxygens (including phenoxy) is 1. The van der Waals surface area contributed by atoms with E-state index in [1.54, 1.807) is 25.1 Å². The van der Waals surface area contributed by atoms with Gasteiger partial charge in [-0.3, -0.25) is 9.59 Å². The number of rotatable bonds is 9. The van der Waals surface area contributed by atoms with Crippen molar-refractivity contribution in [2.75, 3.05) is 13.2 Å². The fourth-order valence-electron chi connectivity index (χ4n) is 3.61. The number of carbonyl (C=O) groups excluding carboxylic acids is 2. The lowest BCUT2D eigenvalue weighted by Gasteiger charge is -2.27. The predicted octanol–water partition coefficient (Wildman–Crippen LogP) is 4.64. The van der Waals surface area contributed by atoms with Crippen molar-refractivity contribution in [2.45, 2.75) is 38.5 Å². The third-order valence-electron chi connectivity index (χ3n) is 5.51. The first kappa shape index (κ1) is 22.0. The van der Waals surface area contributed by atoms with Gasteiger partial charge in [0.05, 0.1) is 24.0 Å². The van der Waals surface area contributed by atoms with Crippen LogP contribution in [0.4, 0.5) is 0 Å². The van der Waals surface area contributed by atoms with Crippen molar-refractivity contribution in [3.05, 3.63) is 67.9 Å². The maximum Gasteiger partial charge on any atom is 0.313 e. The molecule has 0 radical (unpaired) electrons. The van der Waals surface area contributed by atoms with Crippen LogP contribution in [-0.2, 0) is 14.4 Å². The first-order chi connectivity index (χ1) is 14.4. The maximum absolute atomic E-state index is 12.5. The highest BCUT2D eigenvalue weighted by atomic mass is 32.1. The molecular weight excluding hydrogens is 406 g/mol. The Hall–Kier alpha value is -2.74. The Bertz CT molecular complexity index is 873. The van der Waals surface area contributed by atoms with Gasteiger partial charge in [0.2, 0.25) is 5.78 Å². The van der Waals surface area contributed by atoms with E-state index in [1.165, 1.54) is 11.3 Å². The van der Waals surface area contributed by atoms with Crippen LogP contribution >= 0.6 is 11.3 Å². The van der Waals surface area contributed by atoms with E-state index in [2.05, 4.69) is 4.84 Å². The van der Waals surface area contributed by atoms with E-state index in [9.17, 15) is 19.7 Å².